The molecule has 0 unspecified atom stereocenters. The van der Waals surface area contributed by atoms with Crippen LogP contribution in [0.15, 0.2) is 42.6 Å². The Morgan fingerprint density at radius 2 is 1.96 bits per heavy atom. The largest absolute Gasteiger partial charge is 0.381 e. The minimum Gasteiger partial charge on any atom is -0.381 e. The fourth-order valence-electron chi connectivity index (χ4n) is 2.04. The highest BCUT2D eigenvalue weighted by Gasteiger charge is 2.07. The molecule has 1 aromatic carbocycles. The third-order valence-corrected chi connectivity index (χ3v) is 3.66. The van der Waals surface area contributed by atoms with Crippen molar-refractivity contribution in [3.63, 3.8) is 0 Å². The fraction of sp³-hybridized carbons (Fsp3) is 0.333. The summed E-state index contributed by atoms with van der Waals surface area (Å²) in [6, 6.07) is 11.3. The Morgan fingerprint density at radius 3 is 2.65 bits per heavy atom. The van der Waals surface area contributed by atoms with E-state index >= 15 is 0 Å². The van der Waals surface area contributed by atoms with Gasteiger partial charge in [0.2, 0.25) is 0 Å². The van der Waals surface area contributed by atoms with Gasteiger partial charge >= 0.3 is 0 Å². The van der Waals surface area contributed by atoms with Crippen LogP contribution in [0.5, 0.6) is 0 Å². The molecule has 0 aliphatic rings. The highest BCUT2D eigenvalue weighted by Crippen LogP contribution is 2.13. The normalized spacial score (nSPS) is 10.6. The van der Waals surface area contributed by atoms with Crippen LogP contribution in [-0.4, -0.2) is 17.4 Å². The maximum absolute atomic E-state index is 12.1. The molecule has 122 valence electrons. The van der Waals surface area contributed by atoms with Crippen molar-refractivity contribution in [3.8, 4) is 0 Å². The Bertz CT molecular complexity index is 641. The Balaban J connectivity index is 1.91. The summed E-state index contributed by atoms with van der Waals surface area (Å²) in [5.41, 5.74) is 2.41. The first-order chi connectivity index (χ1) is 11.0. The first kappa shape index (κ1) is 17.3. The van der Waals surface area contributed by atoms with E-state index in [1.807, 2.05) is 30.3 Å². The predicted molar refractivity (Wildman–Crippen MR) is 94.8 cm³/mol. The number of benzene rings is 1. The number of amides is 1. The van der Waals surface area contributed by atoms with Gasteiger partial charge in [-0.3, -0.25) is 9.78 Å². The first-order valence-corrected chi connectivity index (χ1v) is 8.15. The van der Waals surface area contributed by atoms with Crippen molar-refractivity contribution in [1.82, 2.24) is 10.3 Å². The molecule has 0 saturated carbocycles. The van der Waals surface area contributed by atoms with Crippen molar-refractivity contribution < 1.29 is 4.79 Å². The Kier molecular flexibility index (Phi) is 6.41. The van der Waals surface area contributed by atoms with Crippen LogP contribution in [0.3, 0.4) is 0 Å². The second kappa shape index (κ2) is 8.53. The van der Waals surface area contributed by atoms with Gasteiger partial charge in [0.05, 0.1) is 0 Å². The number of nitrogens with one attached hydrogen (secondary N) is 2. The maximum Gasteiger partial charge on any atom is 0.269 e. The lowest BCUT2D eigenvalue weighted by atomic mass is 10.1. The average Bonchev–Trinajstić information content (AvgIpc) is 2.54. The molecule has 0 atom stereocenters. The lowest BCUT2D eigenvalue weighted by molar-refractivity contribution is 0.0947. The number of rotatable bonds is 7. The van der Waals surface area contributed by atoms with Gasteiger partial charge < -0.3 is 10.6 Å². The number of aromatic nitrogens is 1. The van der Waals surface area contributed by atoms with Gasteiger partial charge in [-0.2, -0.15) is 0 Å². The molecule has 2 N–H and O–H groups in total. The average molecular weight is 332 g/mol. The molecule has 1 aromatic heterocycles. The standard InChI is InChI=1S/C18H22ClN3O/c1-13(2)7-9-21-18(23)17-11-16(8-10-20-17)22-12-14-3-5-15(19)6-4-14/h3-6,8,10-11,13H,7,9,12H2,1-2H3,(H,20,22)(H,21,23). The van der Waals surface area contributed by atoms with Crippen LogP contribution in [0.4, 0.5) is 5.69 Å². The third-order valence-electron chi connectivity index (χ3n) is 3.41. The van der Waals surface area contributed by atoms with Gasteiger partial charge in [0, 0.05) is 30.0 Å². The molecule has 4 nitrogen and oxygen atoms in total. The molecule has 0 saturated heterocycles. The van der Waals surface area contributed by atoms with Crippen LogP contribution in [0, 0.1) is 5.92 Å². The Hall–Kier alpha value is -2.07. The van der Waals surface area contributed by atoms with E-state index in [9.17, 15) is 4.79 Å². The zero-order valence-corrected chi connectivity index (χ0v) is 14.2. The number of nitrogens with zero attached hydrogens (tertiary/aromatic N) is 1. The number of hydrogen-bond acceptors (Lipinski definition) is 3. The summed E-state index contributed by atoms with van der Waals surface area (Å²) in [4.78, 5) is 16.2. The van der Waals surface area contributed by atoms with Crippen LogP contribution < -0.4 is 10.6 Å². The van der Waals surface area contributed by atoms with E-state index in [-0.39, 0.29) is 5.91 Å². The van der Waals surface area contributed by atoms with E-state index in [2.05, 4.69) is 29.5 Å². The summed E-state index contributed by atoms with van der Waals surface area (Å²) in [5, 5.41) is 6.90. The molecule has 0 aliphatic carbocycles. The van der Waals surface area contributed by atoms with E-state index < -0.39 is 0 Å². The molecular weight excluding hydrogens is 310 g/mol. The van der Waals surface area contributed by atoms with Crippen molar-refractivity contribution in [2.75, 3.05) is 11.9 Å². The van der Waals surface area contributed by atoms with E-state index in [0.717, 1.165) is 22.7 Å². The van der Waals surface area contributed by atoms with E-state index in [1.54, 1.807) is 12.3 Å². The zero-order chi connectivity index (χ0) is 16.7. The zero-order valence-electron chi connectivity index (χ0n) is 13.5. The molecule has 1 heterocycles. The molecule has 0 radical (unpaired) electrons. The summed E-state index contributed by atoms with van der Waals surface area (Å²) in [6.45, 7) is 5.59. The smallest absolute Gasteiger partial charge is 0.269 e. The van der Waals surface area contributed by atoms with Crippen molar-refractivity contribution in [2.24, 2.45) is 5.92 Å². The van der Waals surface area contributed by atoms with Crippen LogP contribution in [0.1, 0.15) is 36.3 Å². The number of anilines is 1. The minimum atomic E-state index is -0.138. The fourth-order valence-corrected chi connectivity index (χ4v) is 2.16. The quantitative estimate of drug-likeness (QED) is 0.802. The number of hydrogen-bond donors (Lipinski definition) is 2. The summed E-state index contributed by atoms with van der Waals surface area (Å²) >= 11 is 5.87. The molecule has 2 rings (SSSR count). The molecule has 0 spiro atoms. The minimum absolute atomic E-state index is 0.138. The second-order valence-corrected chi connectivity index (χ2v) is 6.28. The third kappa shape index (κ3) is 5.91. The number of carbonyl (C=O) groups is 1. The predicted octanol–water partition coefficient (Wildman–Crippen LogP) is 4.12. The van der Waals surface area contributed by atoms with Crippen LogP contribution in [-0.2, 0) is 6.54 Å². The summed E-state index contributed by atoms with van der Waals surface area (Å²) in [6.07, 6.45) is 2.60. The molecule has 0 bridgehead atoms. The van der Waals surface area contributed by atoms with Crippen LogP contribution in [0.25, 0.3) is 0 Å². The summed E-state index contributed by atoms with van der Waals surface area (Å²) in [7, 11) is 0. The van der Waals surface area contributed by atoms with Crippen molar-refractivity contribution >= 4 is 23.2 Å². The van der Waals surface area contributed by atoms with Gasteiger partial charge in [0.1, 0.15) is 5.69 Å². The highest BCUT2D eigenvalue weighted by atomic mass is 35.5. The van der Waals surface area contributed by atoms with Gasteiger partial charge in [0.25, 0.3) is 5.91 Å². The summed E-state index contributed by atoms with van der Waals surface area (Å²) in [5.74, 6) is 0.427. The lowest BCUT2D eigenvalue weighted by Gasteiger charge is -2.09. The highest BCUT2D eigenvalue weighted by molar-refractivity contribution is 6.30. The molecule has 5 heteroatoms. The van der Waals surface area contributed by atoms with Crippen LogP contribution >= 0.6 is 11.6 Å². The molecule has 23 heavy (non-hydrogen) atoms. The second-order valence-electron chi connectivity index (χ2n) is 5.85. The lowest BCUT2D eigenvalue weighted by Crippen LogP contribution is -2.26. The van der Waals surface area contributed by atoms with E-state index in [0.29, 0.717) is 24.7 Å². The summed E-state index contributed by atoms with van der Waals surface area (Å²) < 4.78 is 0. The van der Waals surface area contributed by atoms with Gasteiger partial charge in [-0.05, 0) is 42.2 Å². The molecule has 0 fully saturated rings. The Morgan fingerprint density at radius 1 is 1.22 bits per heavy atom. The van der Waals surface area contributed by atoms with Gasteiger partial charge in [-0.25, -0.2) is 0 Å². The molecule has 1 amide bonds. The van der Waals surface area contributed by atoms with E-state index in [1.165, 1.54) is 0 Å². The number of halogens is 1. The molecular formula is C18H22ClN3O. The van der Waals surface area contributed by atoms with Crippen LogP contribution in [0.2, 0.25) is 5.02 Å². The topological polar surface area (TPSA) is 54.0 Å². The Labute approximate surface area is 142 Å². The SMILES string of the molecule is CC(C)CCNC(=O)c1cc(NCc2ccc(Cl)cc2)ccn1. The van der Waals surface area contributed by atoms with Gasteiger partial charge in [-0.15, -0.1) is 0 Å². The monoisotopic (exact) mass is 331 g/mol. The maximum atomic E-state index is 12.1. The molecule has 0 aliphatic heterocycles. The number of pyridine rings is 1. The number of carbonyl (C=O) groups excluding carboxylic acids is 1. The van der Waals surface area contributed by atoms with E-state index in [4.69, 9.17) is 11.6 Å². The van der Waals surface area contributed by atoms with Crippen molar-refractivity contribution in [2.45, 2.75) is 26.8 Å². The molecule has 2 aromatic rings. The van der Waals surface area contributed by atoms with Crippen molar-refractivity contribution in [3.05, 3.63) is 58.9 Å². The van der Waals surface area contributed by atoms with Gasteiger partial charge in [-0.1, -0.05) is 37.6 Å². The first-order valence-electron chi connectivity index (χ1n) is 7.77. The van der Waals surface area contributed by atoms with Gasteiger partial charge in [0.15, 0.2) is 0 Å². The van der Waals surface area contributed by atoms with Crippen molar-refractivity contribution in [1.29, 1.82) is 0 Å².